The van der Waals surface area contributed by atoms with Crippen LogP contribution in [0.2, 0.25) is 0 Å². The molecule has 250 valence electrons. The second-order valence-corrected chi connectivity index (χ2v) is 15.1. The lowest BCUT2D eigenvalue weighted by molar-refractivity contribution is 0.200. The minimum Gasteiger partial charge on any atom is -0.465 e. The Morgan fingerprint density at radius 3 is 2.45 bits per heavy atom. The van der Waals surface area contributed by atoms with Crippen LogP contribution in [0.1, 0.15) is 69.3 Å². The molecule has 4 N–H and O–H groups in total. The smallest absolute Gasteiger partial charge is 0.410 e. The Bertz CT molecular complexity index is 1780. The molecule has 0 unspecified atom stereocenters. The Morgan fingerprint density at radius 1 is 1.11 bits per heavy atom. The van der Waals surface area contributed by atoms with E-state index in [0.29, 0.717) is 54.4 Å². The number of benzene rings is 1. The second-order valence-electron chi connectivity index (χ2n) is 13.1. The van der Waals surface area contributed by atoms with E-state index in [2.05, 4.69) is 37.9 Å². The average Bonchev–Trinajstić information content (AvgIpc) is 3.38. The summed E-state index contributed by atoms with van der Waals surface area (Å²) in [5.41, 5.74) is 2.00. The largest absolute Gasteiger partial charge is 0.465 e. The number of amides is 1. The number of carbonyl (C=O) groups is 1. The molecule has 2 aliphatic carbocycles. The highest BCUT2D eigenvalue weighted by Crippen LogP contribution is 2.38. The van der Waals surface area contributed by atoms with Crippen molar-refractivity contribution in [3.8, 4) is 12.3 Å². The zero-order valence-electron chi connectivity index (χ0n) is 26.9. The third-order valence-corrected chi connectivity index (χ3v) is 11.3. The predicted molar refractivity (Wildman–Crippen MR) is 181 cm³/mol. The summed E-state index contributed by atoms with van der Waals surface area (Å²) in [6.07, 6.45) is 12.9. The molecule has 3 fully saturated rings. The zero-order valence-corrected chi connectivity index (χ0v) is 27.7. The van der Waals surface area contributed by atoms with Gasteiger partial charge in [0.05, 0.1) is 12.3 Å². The predicted octanol–water partition coefficient (Wildman–Crippen LogP) is 4.28. The lowest BCUT2D eigenvalue weighted by atomic mass is 9.80. The van der Waals surface area contributed by atoms with Gasteiger partial charge in [-0.3, -0.25) is 10.7 Å². The van der Waals surface area contributed by atoms with E-state index in [4.69, 9.17) is 21.8 Å². The molecule has 14 heteroatoms. The maximum Gasteiger partial charge on any atom is 0.410 e. The van der Waals surface area contributed by atoms with Gasteiger partial charge in [-0.05, 0) is 62.8 Å². The number of nitrogens with one attached hydrogen (secondary N) is 3. The first-order valence-electron chi connectivity index (χ1n) is 16.4. The molecule has 3 aromatic rings. The molecule has 2 atom stereocenters. The third-order valence-electron chi connectivity index (χ3n) is 10.0. The van der Waals surface area contributed by atoms with Gasteiger partial charge in [-0.15, -0.1) is 12.3 Å². The molecule has 0 bridgehead atoms. The Hall–Kier alpha value is -4.22. The summed E-state index contributed by atoms with van der Waals surface area (Å²) in [4.78, 5) is 28.0. The summed E-state index contributed by atoms with van der Waals surface area (Å²) in [5, 5.41) is 23.4. The number of imidazole rings is 1. The molecule has 3 heterocycles. The molecule has 2 aromatic heterocycles. The standard InChI is InChI=1S/C33H43N9O4S/c1-4-22-13-15-23(16-14-22)19-42-27-29(35-21(2)24-11-8-12-24)37-31(28(34)36-33(43)44)38-30(27)39-32(42)41-18-17-40(47(3,45)46)20-26(41)25-9-6-5-7-10-25/h1,5-7,9-10,21-24,26H,8,11-20H2,2-3H3,(H2,34,36)(H,43,44)(H,35,37,38)/t21-,22?,23?,26+/m1/s1. The van der Waals surface area contributed by atoms with Crippen molar-refractivity contribution >= 4 is 44.9 Å². The van der Waals surface area contributed by atoms with E-state index in [-0.39, 0.29) is 30.4 Å². The van der Waals surface area contributed by atoms with Crippen LogP contribution in [0.4, 0.5) is 16.6 Å². The lowest BCUT2D eigenvalue weighted by Gasteiger charge is -2.41. The number of hydrogen-bond acceptors (Lipinski definition) is 9. The molecule has 1 aliphatic heterocycles. The minimum atomic E-state index is -3.44. The summed E-state index contributed by atoms with van der Waals surface area (Å²) in [6, 6.07) is 9.60. The van der Waals surface area contributed by atoms with Gasteiger partial charge in [0, 0.05) is 38.1 Å². The highest BCUT2D eigenvalue weighted by Gasteiger charge is 2.37. The number of anilines is 2. The van der Waals surface area contributed by atoms with Gasteiger partial charge in [0.1, 0.15) is 5.52 Å². The Kier molecular flexibility index (Phi) is 9.39. The summed E-state index contributed by atoms with van der Waals surface area (Å²) >= 11 is 0. The fourth-order valence-corrected chi connectivity index (χ4v) is 7.92. The first kappa shape index (κ1) is 32.7. The van der Waals surface area contributed by atoms with Crippen molar-refractivity contribution in [1.82, 2.24) is 29.1 Å². The molecular weight excluding hydrogens is 618 g/mol. The fraction of sp³-hybridized carbons (Fsp3) is 0.545. The normalized spacial score (nSPS) is 23.1. The number of aromatic nitrogens is 4. The number of nitrogens with zero attached hydrogens (tertiary/aromatic N) is 6. The molecule has 47 heavy (non-hydrogen) atoms. The summed E-state index contributed by atoms with van der Waals surface area (Å²) in [6.45, 7) is 3.71. The van der Waals surface area contributed by atoms with Crippen LogP contribution >= 0.6 is 0 Å². The SMILES string of the molecule is C#CC1CCC(Cn2c(N3CCN(S(C)(=O)=O)C[C@H]3c3ccccc3)nc3nc(C(=N)NC(=O)O)nc(N[C@H](C)C4CCC4)c32)CC1. The van der Waals surface area contributed by atoms with E-state index < -0.39 is 22.0 Å². The van der Waals surface area contributed by atoms with Crippen LogP contribution in [0, 0.1) is 35.5 Å². The monoisotopic (exact) mass is 661 g/mol. The molecule has 1 saturated heterocycles. The van der Waals surface area contributed by atoms with Gasteiger partial charge in [0.25, 0.3) is 0 Å². The van der Waals surface area contributed by atoms with Crippen molar-refractivity contribution in [3.05, 3.63) is 41.7 Å². The van der Waals surface area contributed by atoms with Crippen molar-refractivity contribution in [2.45, 2.75) is 70.5 Å². The van der Waals surface area contributed by atoms with Gasteiger partial charge in [-0.2, -0.15) is 9.29 Å². The van der Waals surface area contributed by atoms with Crippen LogP contribution in [0.3, 0.4) is 0 Å². The summed E-state index contributed by atoms with van der Waals surface area (Å²) in [5.74, 6) is 4.63. The van der Waals surface area contributed by atoms with Crippen molar-refractivity contribution in [1.29, 1.82) is 5.41 Å². The molecule has 0 radical (unpaired) electrons. The molecule has 2 saturated carbocycles. The number of piperazine rings is 1. The third kappa shape index (κ3) is 7.06. The number of amidine groups is 1. The maximum absolute atomic E-state index is 12.7. The van der Waals surface area contributed by atoms with Crippen molar-refractivity contribution in [3.63, 3.8) is 0 Å². The van der Waals surface area contributed by atoms with Gasteiger partial charge in [-0.25, -0.2) is 23.2 Å². The van der Waals surface area contributed by atoms with E-state index in [0.717, 1.165) is 44.1 Å². The number of sulfonamides is 1. The topological polar surface area (TPSA) is 169 Å². The molecule has 3 aliphatic rings. The Labute approximate surface area is 275 Å². The van der Waals surface area contributed by atoms with E-state index in [1.54, 1.807) is 0 Å². The van der Waals surface area contributed by atoms with Crippen LogP contribution in [-0.2, 0) is 16.6 Å². The minimum absolute atomic E-state index is 0.0737. The summed E-state index contributed by atoms with van der Waals surface area (Å²) in [7, 11) is -3.44. The van der Waals surface area contributed by atoms with E-state index in [9.17, 15) is 18.3 Å². The lowest BCUT2D eigenvalue weighted by Crippen LogP contribution is -2.51. The van der Waals surface area contributed by atoms with Crippen molar-refractivity contribution in [2.75, 3.05) is 36.1 Å². The molecule has 1 amide bonds. The highest BCUT2D eigenvalue weighted by molar-refractivity contribution is 7.88. The first-order chi connectivity index (χ1) is 22.5. The molecule has 0 spiro atoms. The van der Waals surface area contributed by atoms with Crippen LogP contribution < -0.4 is 15.5 Å². The number of hydrogen-bond donors (Lipinski definition) is 4. The second kappa shape index (κ2) is 13.5. The highest BCUT2D eigenvalue weighted by atomic mass is 32.2. The Balaban J connectivity index is 1.50. The van der Waals surface area contributed by atoms with Gasteiger partial charge in [0.2, 0.25) is 16.0 Å². The van der Waals surface area contributed by atoms with Crippen LogP contribution in [-0.4, -0.2) is 81.2 Å². The Morgan fingerprint density at radius 2 is 1.83 bits per heavy atom. The van der Waals surface area contributed by atoms with Gasteiger partial charge < -0.3 is 19.9 Å². The molecular formula is C33H43N9O4S. The van der Waals surface area contributed by atoms with Crippen LogP contribution in [0.25, 0.3) is 11.2 Å². The number of fused-ring (bicyclic) bond motifs is 1. The van der Waals surface area contributed by atoms with E-state index >= 15 is 0 Å². The number of carboxylic acid groups (broad SMARTS) is 1. The first-order valence-corrected chi connectivity index (χ1v) is 18.2. The molecule has 1 aromatic carbocycles. The van der Waals surface area contributed by atoms with Crippen LogP contribution in [0.15, 0.2) is 30.3 Å². The van der Waals surface area contributed by atoms with E-state index in [1.807, 2.05) is 30.3 Å². The molecule has 13 nitrogen and oxygen atoms in total. The fourth-order valence-electron chi connectivity index (χ4n) is 7.09. The molecule has 6 rings (SSSR count). The average molecular weight is 662 g/mol. The zero-order chi connectivity index (χ0) is 33.3. The van der Waals surface area contributed by atoms with Crippen molar-refractivity contribution in [2.24, 2.45) is 17.8 Å². The van der Waals surface area contributed by atoms with Gasteiger partial charge >= 0.3 is 6.09 Å². The summed E-state index contributed by atoms with van der Waals surface area (Å²) < 4.78 is 29.1. The van der Waals surface area contributed by atoms with Crippen molar-refractivity contribution < 1.29 is 18.3 Å². The van der Waals surface area contributed by atoms with Gasteiger partial charge in [0.15, 0.2) is 23.1 Å². The van der Waals surface area contributed by atoms with E-state index in [1.165, 1.54) is 17.0 Å². The quantitative estimate of drug-likeness (QED) is 0.149. The van der Waals surface area contributed by atoms with Crippen LogP contribution in [0.5, 0.6) is 0 Å². The maximum atomic E-state index is 12.7. The van der Waals surface area contributed by atoms with Gasteiger partial charge in [-0.1, -0.05) is 36.8 Å². The number of rotatable bonds is 9. The number of terminal acetylenes is 1.